The minimum atomic E-state index is 0.628. The molecule has 0 aliphatic rings. The van der Waals surface area contributed by atoms with Gasteiger partial charge in [0.2, 0.25) is 0 Å². The smallest absolute Gasteiger partial charge is 0.116 e. The van der Waals surface area contributed by atoms with Gasteiger partial charge in [0, 0.05) is 6.20 Å². The number of rotatable bonds is 5. The summed E-state index contributed by atoms with van der Waals surface area (Å²) in [7, 11) is 0. The molecule has 2 rings (SSSR count). The fourth-order valence-corrected chi connectivity index (χ4v) is 2.23. The number of hydrogen-bond acceptors (Lipinski definition) is 2. The molecule has 2 aromatic rings. The molecule has 0 spiro atoms. The Morgan fingerprint density at radius 2 is 2.25 bits per heavy atom. The van der Waals surface area contributed by atoms with Crippen LogP contribution in [-0.4, -0.2) is 15.0 Å². The molecule has 0 radical (unpaired) electrons. The van der Waals surface area contributed by atoms with Gasteiger partial charge in [0.1, 0.15) is 6.33 Å². The maximum atomic E-state index is 4.38. The van der Waals surface area contributed by atoms with Crippen LogP contribution in [0.15, 0.2) is 18.7 Å². The predicted molar refractivity (Wildman–Crippen MR) is 66.4 cm³/mol. The molecule has 0 fully saturated rings. The van der Waals surface area contributed by atoms with Gasteiger partial charge in [-0.1, -0.05) is 26.7 Å². The molecule has 1 unspecified atom stereocenters. The molecule has 0 bridgehead atoms. The van der Waals surface area contributed by atoms with Crippen LogP contribution < -0.4 is 0 Å². The van der Waals surface area contributed by atoms with Crippen LogP contribution in [0, 0.1) is 0 Å². The molecular formula is C13H19N3. The van der Waals surface area contributed by atoms with Gasteiger partial charge in [-0.15, -0.1) is 0 Å². The zero-order valence-corrected chi connectivity index (χ0v) is 10.0. The quantitative estimate of drug-likeness (QED) is 0.830. The first-order chi connectivity index (χ1) is 7.86. The lowest BCUT2D eigenvalue weighted by Crippen LogP contribution is -1.97. The molecular weight excluding hydrogens is 198 g/mol. The third kappa shape index (κ3) is 2.08. The molecule has 1 atom stereocenters. The highest BCUT2D eigenvalue weighted by molar-refractivity contribution is 5.78. The second-order valence-electron chi connectivity index (χ2n) is 4.28. The Kier molecular flexibility index (Phi) is 3.54. The standard InChI is InChI=1S/C13H19N3/c1-3-5-6-10(4-2)11-7-15-12-8-14-9-16-13(11)12/h7-10,15H,3-6H2,1-2H3. The van der Waals surface area contributed by atoms with Gasteiger partial charge in [-0.2, -0.15) is 0 Å². The summed E-state index contributed by atoms with van der Waals surface area (Å²) in [5.41, 5.74) is 3.50. The molecule has 2 heterocycles. The Bertz CT molecular complexity index is 447. The number of nitrogens with one attached hydrogen (secondary N) is 1. The van der Waals surface area contributed by atoms with Crippen LogP contribution in [0.5, 0.6) is 0 Å². The van der Waals surface area contributed by atoms with Crippen molar-refractivity contribution in [3.63, 3.8) is 0 Å². The second kappa shape index (κ2) is 5.10. The fraction of sp³-hybridized carbons (Fsp3) is 0.538. The predicted octanol–water partition coefficient (Wildman–Crippen LogP) is 3.64. The van der Waals surface area contributed by atoms with Crippen molar-refractivity contribution in [2.24, 2.45) is 0 Å². The van der Waals surface area contributed by atoms with E-state index < -0.39 is 0 Å². The van der Waals surface area contributed by atoms with E-state index in [0.29, 0.717) is 5.92 Å². The highest BCUT2D eigenvalue weighted by atomic mass is 14.9. The van der Waals surface area contributed by atoms with E-state index in [-0.39, 0.29) is 0 Å². The average Bonchev–Trinajstić information content (AvgIpc) is 2.75. The maximum absolute atomic E-state index is 4.38. The second-order valence-corrected chi connectivity index (χ2v) is 4.28. The summed E-state index contributed by atoms with van der Waals surface area (Å²) in [6.45, 7) is 4.49. The van der Waals surface area contributed by atoms with Crippen LogP contribution in [0.2, 0.25) is 0 Å². The third-order valence-electron chi connectivity index (χ3n) is 3.21. The van der Waals surface area contributed by atoms with Crippen LogP contribution in [0.25, 0.3) is 11.0 Å². The number of fused-ring (bicyclic) bond motifs is 1. The minimum Gasteiger partial charge on any atom is -0.358 e. The summed E-state index contributed by atoms with van der Waals surface area (Å²) in [6.07, 6.45) is 10.6. The first-order valence-electron chi connectivity index (χ1n) is 6.13. The van der Waals surface area contributed by atoms with Crippen molar-refractivity contribution in [2.45, 2.75) is 45.4 Å². The normalized spacial score (nSPS) is 13.1. The van der Waals surface area contributed by atoms with Crippen LogP contribution in [0.4, 0.5) is 0 Å². The van der Waals surface area contributed by atoms with Crippen LogP contribution in [0.3, 0.4) is 0 Å². The third-order valence-corrected chi connectivity index (χ3v) is 3.21. The topological polar surface area (TPSA) is 41.6 Å². The maximum Gasteiger partial charge on any atom is 0.116 e. The SMILES string of the molecule is CCCCC(CC)c1c[nH]c2cncnc12. The molecule has 1 N–H and O–H groups in total. The van der Waals surface area contributed by atoms with E-state index in [1.807, 2.05) is 6.20 Å². The van der Waals surface area contributed by atoms with Gasteiger partial charge in [-0.05, 0) is 24.3 Å². The molecule has 0 aliphatic heterocycles. The monoisotopic (exact) mass is 217 g/mol. The number of H-pyrrole nitrogens is 1. The van der Waals surface area contributed by atoms with Gasteiger partial charge >= 0.3 is 0 Å². The lowest BCUT2D eigenvalue weighted by molar-refractivity contribution is 0.572. The van der Waals surface area contributed by atoms with E-state index in [9.17, 15) is 0 Å². The van der Waals surface area contributed by atoms with Gasteiger partial charge in [0.05, 0.1) is 17.2 Å². The van der Waals surface area contributed by atoms with E-state index in [4.69, 9.17) is 0 Å². The Hall–Kier alpha value is -1.38. The molecule has 0 aromatic carbocycles. The van der Waals surface area contributed by atoms with E-state index in [1.165, 1.54) is 31.2 Å². The van der Waals surface area contributed by atoms with Crippen molar-refractivity contribution in [1.29, 1.82) is 0 Å². The highest BCUT2D eigenvalue weighted by Gasteiger charge is 2.14. The summed E-state index contributed by atoms with van der Waals surface area (Å²) in [4.78, 5) is 11.7. The number of hydrogen-bond donors (Lipinski definition) is 1. The Morgan fingerprint density at radius 3 is 3.00 bits per heavy atom. The van der Waals surface area contributed by atoms with Crippen molar-refractivity contribution in [2.75, 3.05) is 0 Å². The van der Waals surface area contributed by atoms with E-state index in [0.717, 1.165) is 11.0 Å². The van der Waals surface area contributed by atoms with E-state index >= 15 is 0 Å². The number of aromatic amines is 1. The van der Waals surface area contributed by atoms with Crippen LogP contribution in [0.1, 0.15) is 51.0 Å². The van der Waals surface area contributed by atoms with Gasteiger partial charge < -0.3 is 4.98 Å². The lowest BCUT2D eigenvalue weighted by Gasteiger charge is -2.12. The zero-order valence-electron chi connectivity index (χ0n) is 10.0. The molecule has 3 heteroatoms. The number of unbranched alkanes of at least 4 members (excludes halogenated alkanes) is 1. The highest BCUT2D eigenvalue weighted by Crippen LogP contribution is 2.29. The Morgan fingerprint density at radius 1 is 1.38 bits per heavy atom. The molecule has 0 amide bonds. The van der Waals surface area contributed by atoms with E-state index in [2.05, 4.69) is 35.0 Å². The lowest BCUT2D eigenvalue weighted by atomic mass is 9.92. The fourth-order valence-electron chi connectivity index (χ4n) is 2.23. The zero-order chi connectivity index (χ0) is 11.4. The van der Waals surface area contributed by atoms with Gasteiger partial charge in [0.25, 0.3) is 0 Å². The minimum absolute atomic E-state index is 0.628. The van der Waals surface area contributed by atoms with Gasteiger partial charge in [-0.3, -0.25) is 0 Å². The van der Waals surface area contributed by atoms with E-state index in [1.54, 1.807) is 6.33 Å². The molecule has 16 heavy (non-hydrogen) atoms. The first-order valence-corrected chi connectivity index (χ1v) is 6.13. The molecule has 3 nitrogen and oxygen atoms in total. The molecule has 86 valence electrons. The van der Waals surface area contributed by atoms with Gasteiger partial charge in [0.15, 0.2) is 0 Å². The molecule has 0 saturated carbocycles. The van der Waals surface area contributed by atoms with Crippen LogP contribution >= 0.6 is 0 Å². The Labute approximate surface area is 96.3 Å². The Balaban J connectivity index is 2.30. The summed E-state index contributed by atoms with van der Waals surface area (Å²) in [5, 5.41) is 0. The summed E-state index contributed by atoms with van der Waals surface area (Å²) in [6, 6.07) is 0. The summed E-state index contributed by atoms with van der Waals surface area (Å²) >= 11 is 0. The van der Waals surface area contributed by atoms with Crippen molar-refractivity contribution < 1.29 is 0 Å². The number of nitrogens with zero attached hydrogens (tertiary/aromatic N) is 2. The first kappa shape index (κ1) is 11.1. The van der Waals surface area contributed by atoms with Crippen molar-refractivity contribution in [3.8, 4) is 0 Å². The van der Waals surface area contributed by atoms with Gasteiger partial charge in [-0.25, -0.2) is 9.97 Å². The van der Waals surface area contributed by atoms with Crippen molar-refractivity contribution in [3.05, 3.63) is 24.3 Å². The molecule has 0 saturated heterocycles. The molecule has 2 aromatic heterocycles. The average molecular weight is 217 g/mol. The largest absolute Gasteiger partial charge is 0.358 e. The van der Waals surface area contributed by atoms with Crippen molar-refractivity contribution in [1.82, 2.24) is 15.0 Å². The number of aromatic nitrogens is 3. The van der Waals surface area contributed by atoms with Crippen molar-refractivity contribution >= 4 is 11.0 Å². The molecule has 0 aliphatic carbocycles. The summed E-state index contributed by atoms with van der Waals surface area (Å²) in [5.74, 6) is 0.628. The summed E-state index contributed by atoms with van der Waals surface area (Å²) < 4.78 is 0. The van der Waals surface area contributed by atoms with Crippen LogP contribution in [-0.2, 0) is 0 Å².